The van der Waals surface area contributed by atoms with E-state index in [1.807, 2.05) is 6.07 Å². The lowest BCUT2D eigenvalue weighted by Crippen LogP contribution is -2.05. The Hall–Kier alpha value is -1.82. The SMILES string of the molecule is COC(=O)c1[nH]c(=S)[nH]c1Cc1ccco1. The van der Waals surface area contributed by atoms with Gasteiger partial charge in [-0.05, 0) is 24.4 Å². The lowest BCUT2D eigenvalue weighted by molar-refractivity contribution is 0.0593. The summed E-state index contributed by atoms with van der Waals surface area (Å²) in [6.07, 6.45) is 2.04. The number of hydrogen-bond donors (Lipinski definition) is 2. The summed E-state index contributed by atoms with van der Waals surface area (Å²) in [6.45, 7) is 0. The fourth-order valence-electron chi connectivity index (χ4n) is 1.42. The molecule has 16 heavy (non-hydrogen) atoms. The molecule has 2 heterocycles. The molecule has 0 saturated heterocycles. The zero-order valence-corrected chi connectivity index (χ0v) is 9.39. The quantitative estimate of drug-likeness (QED) is 0.634. The second kappa shape index (κ2) is 4.36. The third kappa shape index (κ3) is 2.06. The fraction of sp³-hybridized carbons (Fsp3) is 0.200. The number of aromatic nitrogens is 2. The molecule has 5 nitrogen and oxygen atoms in total. The third-order valence-electron chi connectivity index (χ3n) is 2.13. The molecule has 0 amide bonds. The van der Waals surface area contributed by atoms with Crippen LogP contribution < -0.4 is 0 Å². The van der Waals surface area contributed by atoms with Gasteiger partial charge < -0.3 is 19.1 Å². The average molecular weight is 238 g/mol. The molecule has 2 rings (SSSR count). The molecule has 0 bridgehead atoms. The molecule has 6 heteroatoms. The van der Waals surface area contributed by atoms with E-state index in [9.17, 15) is 4.79 Å². The number of methoxy groups -OCH3 is 1. The molecule has 0 unspecified atom stereocenters. The number of H-pyrrole nitrogens is 2. The van der Waals surface area contributed by atoms with Crippen molar-refractivity contribution < 1.29 is 13.9 Å². The maximum absolute atomic E-state index is 11.4. The van der Waals surface area contributed by atoms with Gasteiger partial charge >= 0.3 is 5.97 Å². The predicted molar refractivity (Wildman–Crippen MR) is 58.8 cm³/mol. The minimum Gasteiger partial charge on any atom is -0.469 e. The first-order valence-corrected chi connectivity index (χ1v) is 5.03. The highest BCUT2D eigenvalue weighted by atomic mass is 32.1. The van der Waals surface area contributed by atoms with Crippen molar-refractivity contribution in [2.45, 2.75) is 6.42 Å². The minimum absolute atomic E-state index is 0.337. The van der Waals surface area contributed by atoms with Gasteiger partial charge in [-0.3, -0.25) is 0 Å². The van der Waals surface area contributed by atoms with Gasteiger partial charge in [-0.25, -0.2) is 4.79 Å². The van der Waals surface area contributed by atoms with Crippen LogP contribution in [0.5, 0.6) is 0 Å². The number of nitrogens with one attached hydrogen (secondary N) is 2. The molecule has 2 N–H and O–H groups in total. The van der Waals surface area contributed by atoms with Crippen LogP contribution in [0.3, 0.4) is 0 Å². The van der Waals surface area contributed by atoms with Crippen molar-refractivity contribution >= 4 is 18.2 Å². The summed E-state index contributed by atoms with van der Waals surface area (Å²) in [5.74, 6) is 0.296. The molecule has 0 radical (unpaired) electrons. The Morgan fingerprint density at radius 3 is 3.00 bits per heavy atom. The molecule has 0 aromatic carbocycles. The molecule has 2 aromatic rings. The van der Waals surface area contributed by atoms with Gasteiger partial charge in [0.05, 0.1) is 19.1 Å². The Kier molecular flexibility index (Phi) is 2.91. The summed E-state index contributed by atoms with van der Waals surface area (Å²) in [5.41, 5.74) is 0.996. The van der Waals surface area contributed by atoms with Gasteiger partial charge in [-0.1, -0.05) is 0 Å². The molecule has 2 aromatic heterocycles. The molecule has 0 spiro atoms. The third-order valence-corrected chi connectivity index (χ3v) is 2.33. The summed E-state index contributed by atoms with van der Waals surface area (Å²) in [5, 5.41) is 0. The van der Waals surface area contributed by atoms with Crippen molar-refractivity contribution in [1.29, 1.82) is 0 Å². The van der Waals surface area contributed by atoms with Crippen molar-refractivity contribution in [3.63, 3.8) is 0 Å². The van der Waals surface area contributed by atoms with Gasteiger partial charge in [-0.2, -0.15) is 0 Å². The normalized spacial score (nSPS) is 10.3. The van der Waals surface area contributed by atoms with E-state index < -0.39 is 5.97 Å². The van der Waals surface area contributed by atoms with Crippen LogP contribution in [0, 0.1) is 4.77 Å². The van der Waals surface area contributed by atoms with Gasteiger partial charge in [0.25, 0.3) is 0 Å². The Balaban J connectivity index is 2.33. The van der Waals surface area contributed by atoms with E-state index >= 15 is 0 Å². The molecule has 0 aliphatic heterocycles. The number of carbonyl (C=O) groups is 1. The van der Waals surface area contributed by atoms with E-state index in [2.05, 4.69) is 14.7 Å². The van der Waals surface area contributed by atoms with E-state index in [1.54, 1.807) is 12.3 Å². The highest BCUT2D eigenvalue weighted by molar-refractivity contribution is 7.71. The van der Waals surface area contributed by atoms with Crippen molar-refractivity contribution in [2.24, 2.45) is 0 Å². The Bertz CT molecular complexity index is 539. The topological polar surface area (TPSA) is 71.0 Å². The van der Waals surface area contributed by atoms with E-state index in [0.29, 0.717) is 22.6 Å². The van der Waals surface area contributed by atoms with Gasteiger partial charge in [0.2, 0.25) is 0 Å². The molecule has 84 valence electrons. The average Bonchev–Trinajstić information content (AvgIpc) is 2.88. The smallest absolute Gasteiger partial charge is 0.356 e. The number of furan rings is 1. The van der Waals surface area contributed by atoms with E-state index in [0.717, 1.165) is 5.76 Å². The summed E-state index contributed by atoms with van der Waals surface area (Å²) in [7, 11) is 1.32. The number of imidazole rings is 1. The minimum atomic E-state index is -0.450. The van der Waals surface area contributed by atoms with Crippen LogP contribution in [0.25, 0.3) is 0 Å². The highest BCUT2D eigenvalue weighted by Gasteiger charge is 2.15. The number of ether oxygens (including phenoxy) is 1. The number of hydrogen-bond acceptors (Lipinski definition) is 4. The lowest BCUT2D eigenvalue weighted by Gasteiger charge is -1.99. The van der Waals surface area contributed by atoms with Crippen molar-refractivity contribution in [2.75, 3.05) is 7.11 Å². The van der Waals surface area contributed by atoms with Gasteiger partial charge in [0.1, 0.15) is 11.5 Å². The summed E-state index contributed by atoms with van der Waals surface area (Å²) in [4.78, 5) is 17.1. The molecule has 0 fully saturated rings. The summed E-state index contributed by atoms with van der Waals surface area (Å²) in [6, 6.07) is 3.61. The van der Waals surface area contributed by atoms with E-state index in [4.69, 9.17) is 16.6 Å². The van der Waals surface area contributed by atoms with Crippen LogP contribution in [0.15, 0.2) is 22.8 Å². The second-order valence-corrected chi connectivity index (χ2v) is 3.59. The fourth-order valence-corrected chi connectivity index (χ4v) is 1.64. The van der Waals surface area contributed by atoms with Crippen LogP contribution in [0.1, 0.15) is 21.9 Å². The first-order chi connectivity index (χ1) is 7.70. The molecule has 0 saturated carbocycles. The first kappa shape index (κ1) is 10.7. The van der Waals surface area contributed by atoms with Gasteiger partial charge in [-0.15, -0.1) is 0 Å². The van der Waals surface area contributed by atoms with Gasteiger partial charge in [0, 0.05) is 6.42 Å². The van der Waals surface area contributed by atoms with Crippen molar-refractivity contribution in [3.05, 3.63) is 40.3 Å². The number of carbonyl (C=O) groups excluding carboxylic acids is 1. The van der Waals surface area contributed by atoms with Crippen LogP contribution in [-0.2, 0) is 11.2 Å². The molecular weight excluding hydrogens is 228 g/mol. The number of rotatable bonds is 3. The summed E-state index contributed by atoms with van der Waals surface area (Å²) < 4.78 is 10.2. The van der Waals surface area contributed by atoms with Crippen molar-refractivity contribution in [3.8, 4) is 0 Å². The lowest BCUT2D eigenvalue weighted by atomic mass is 10.2. The van der Waals surface area contributed by atoms with Crippen LogP contribution in [0.2, 0.25) is 0 Å². The number of esters is 1. The van der Waals surface area contributed by atoms with E-state index in [1.165, 1.54) is 7.11 Å². The molecular formula is C10H10N2O3S. The highest BCUT2D eigenvalue weighted by Crippen LogP contribution is 2.12. The molecule has 0 aliphatic rings. The zero-order valence-electron chi connectivity index (χ0n) is 8.57. The Labute approximate surface area is 96.4 Å². The first-order valence-electron chi connectivity index (χ1n) is 4.62. The second-order valence-electron chi connectivity index (χ2n) is 3.18. The van der Waals surface area contributed by atoms with E-state index in [-0.39, 0.29) is 0 Å². The maximum Gasteiger partial charge on any atom is 0.356 e. The predicted octanol–water partition coefficient (Wildman–Crippen LogP) is 2.04. The van der Waals surface area contributed by atoms with Crippen LogP contribution in [0.4, 0.5) is 0 Å². The van der Waals surface area contributed by atoms with Crippen LogP contribution >= 0.6 is 12.2 Å². The van der Waals surface area contributed by atoms with Crippen LogP contribution in [-0.4, -0.2) is 23.0 Å². The largest absolute Gasteiger partial charge is 0.469 e. The monoisotopic (exact) mass is 238 g/mol. The Morgan fingerprint density at radius 2 is 2.38 bits per heavy atom. The molecule has 0 aliphatic carbocycles. The molecule has 0 atom stereocenters. The zero-order chi connectivity index (χ0) is 11.5. The number of aromatic amines is 2. The standard InChI is InChI=1S/C10H10N2O3S/c1-14-9(13)8-7(11-10(16)12-8)5-6-3-2-4-15-6/h2-4H,5H2,1H3,(H2,11,12,16). The van der Waals surface area contributed by atoms with Gasteiger partial charge in [0.15, 0.2) is 4.77 Å². The van der Waals surface area contributed by atoms with Crippen molar-refractivity contribution in [1.82, 2.24) is 9.97 Å². The maximum atomic E-state index is 11.4. The Morgan fingerprint density at radius 1 is 1.56 bits per heavy atom. The summed E-state index contributed by atoms with van der Waals surface area (Å²) >= 11 is 4.93.